The van der Waals surface area contributed by atoms with Gasteiger partial charge in [-0.15, -0.1) is 0 Å². The third-order valence-electron chi connectivity index (χ3n) is 1.97. The van der Waals surface area contributed by atoms with E-state index in [4.69, 9.17) is 0 Å². The Morgan fingerprint density at radius 2 is 2.20 bits per heavy atom. The summed E-state index contributed by atoms with van der Waals surface area (Å²) in [6, 6.07) is 7.42. The molecule has 0 atom stereocenters. The van der Waals surface area contributed by atoms with E-state index in [-0.39, 0.29) is 5.91 Å². The highest BCUT2D eigenvalue weighted by Gasteiger charge is 2.09. The second kappa shape index (κ2) is 4.18. The summed E-state index contributed by atoms with van der Waals surface area (Å²) >= 11 is 1.16. The fourth-order valence-corrected chi connectivity index (χ4v) is 1.65. The third-order valence-corrected chi connectivity index (χ3v) is 2.55. The zero-order valence-electron chi connectivity index (χ0n) is 8.10. The average molecular weight is 219 g/mol. The smallest absolute Gasteiger partial charge is 0.257 e. The Balaban J connectivity index is 2.19. The van der Waals surface area contributed by atoms with Gasteiger partial charge in [0.15, 0.2) is 0 Å². The molecule has 0 radical (unpaired) electrons. The van der Waals surface area contributed by atoms with Crippen molar-refractivity contribution in [3.63, 3.8) is 0 Å². The summed E-state index contributed by atoms with van der Waals surface area (Å²) in [5, 5.41) is 3.20. The van der Waals surface area contributed by atoms with Gasteiger partial charge in [0.25, 0.3) is 5.91 Å². The molecule has 0 aliphatic rings. The Hall–Kier alpha value is -1.75. The molecule has 2 aromatic rings. The quantitative estimate of drug-likeness (QED) is 0.841. The lowest BCUT2D eigenvalue weighted by Crippen LogP contribution is -2.12. The van der Waals surface area contributed by atoms with Gasteiger partial charge < -0.3 is 0 Å². The van der Waals surface area contributed by atoms with Gasteiger partial charge in [-0.3, -0.25) is 10.1 Å². The minimum Gasteiger partial charge on any atom is -0.297 e. The number of aromatic nitrogens is 2. The minimum absolute atomic E-state index is 0.148. The van der Waals surface area contributed by atoms with E-state index in [0.29, 0.717) is 10.7 Å². The van der Waals surface area contributed by atoms with Crippen LogP contribution in [-0.4, -0.2) is 15.3 Å². The fraction of sp³-hybridized carbons (Fsp3) is 0.100. The van der Waals surface area contributed by atoms with Crippen molar-refractivity contribution in [1.29, 1.82) is 0 Å². The van der Waals surface area contributed by atoms with Gasteiger partial charge in [-0.05, 0) is 18.6 Å². The maximum absolute atomic E-state index is 11.8. The molecule has 2 rings (SSSR count). The molecule has 1 N–H and O–H groups in total. The molecule has 0 saturated carbocycles. The van der Waals surface area contributed by atoms with Gasteiger partial charge in [0.2, 0.25) is 5.13 Å². The van der Waals surface area contributed by atoms with E-state index in [0.717, 1.165) is 17.1 Å². The van der Waals surface area contributed by atoms with Crippen LogP contribution in [0.4, 0.5) is 5.13 Å². The van der Waals surface area contributed by atoms with Crippen LogP contribution in [0.5, 0.6) is 0 Å². The summed E-state index contributed by atoms with van der Waals surface area (Å²) < 4.78 is 3.81. The summed E-state index contributed by atoms with van der Waals surface area (Å²) in [6.07, 6.45) is 1.41. The van der Waals surface area contributed by atoms with Crippen molar-refractivity contribution in [2.75, 3.05) is 5.32 Å². The predicted octanol–water partition coefficient (Wildman–Crippen LogP) is 2.10. The summed E-state index contributed by atoms with van der Waals surface area (Å²) in [5.41, 5.74) is 1.60. The van der Waals surface area contributed by atoms with E-state index in [1.165, 1.54) is 6.33 Å². The van der Waals surface area contributed by atoms with Crippen molar-refractivity contribution in [2.45, 2.75) is 6.92 Å². The number of carbonyl (C=O) groups excluding carboxylic acids is 1. The average Bonchev–Trinajstić information content (AvgIpc) is 2.71. The number of nitrogens with one attached hydrogen (secondary N) is 1. The van der Waals surface area contributed by atoms with Gasteiger partial charge >= 0.3 is 0 Å². The number of carbonyl (C=O) groups is 1. The van der Waals surface area contributed by atoms with Crippen LogP contribution in [0.1, 0.15) is 15.9 Å². The van der Waals surface area contributed by atoms with E-state index in [1.54, 1.807) is 6.07 Å². The van der Waals surface area contributed by atoms with Gasteiger partial charge in [-0.2, -0.15) is 4.37 Å². The first-order valence-electron chi connectivity index (χ1n) is 4.41. The number of anilines is 1. The lowest BCUT2D eigenvalue weighted by atomic mass is 10.1. The highest BCUT2D eigenvalue weighted by Crippen LogP contribution is 2.12. The molecule has 4 nitrogen and oxygen atoms in total. The van der Waals surface area contributed by atoms with E-state index in [1.807, 2.05) is 25.1 Å². The van der Waals surface area contributed by atoms with Crippen LogP contribution in [-0.2, 0) is 0 Å². The van der Waals surface area contributed by atoms with Crippen molar-refractivity contribution >= 4 is 22.6 Å². The molecule has 0 unspecified atom stereocenters. The molecule has 15 heavy (non-hydrogen) atoms. The van der Waals surface area contributed by atoms with E-state index >= 15 is 0 Å². The lowest BCUT2D eigenvalue weighted by molar-refractivity contribution is 0.102. The van der Waals surface area contributed by atoms with Crippen LogP contribution in [0.15, 0.2) is 30.6 Å². The second-order valence-corrected chi connectivity index (χ2v) is 3.80. The normalized spacial score (nSPS) is 9.93. The van der Waals surface area contributed by atoms with Crippen LogP contribution in [0.3, 0.4) is 0 Å². The minimum atomic E-state index is -0.148. The van der Waals surface area contributed by atoms with Crippen molar-refractivity contribution in [3.05, 3.63) is 41.7 Å². The number of benzene rings is 1. The Morgan fingerprint density at radius 1 is 1.40 bits per heavy atom. The fourth-order valence-electron chi connectivity index (χ4n) is 1.22. The monoisotopic (exact) mass is 219 g/mol. The molecule has 1 heterocycles. The molecule has 1 aromatic carbocycles. The number of hydrogen-bond acceptors (Lipinski definition) is 4. The summed E-state index contributed by atoms with van der Waals surface area (Å²) in [6.45, 7) is 1.90. The maximum Gasteiger partial charge on any atom is 0.257 e. The highest BCUT2D eigenvalue weighted by molar-refractivity contribution is 7.09. The van der Waals surface area contributed by atoms with Crippen molar-refractivity contribution in [3.8, 4) is 0 Å². The van der Waals surface area contributed by atoms with Crippen LogP contribution in [0.2, 0.25) is 0 Å². The molecule has 1 amide bonds. The Labute approximate surface area is 91.2 Å². The molecule has 0 aliphatic heterocycles. The summed E-state index contributed by atoms with van der Waals surface area (Å²) in [7, 11) is 0. The predicted molar refractivity (Wildman–Crippen MR) is 59.0 cm³/mol. The molecular weight excluding hydrogens is 210 g/mol. The number of rotatable bonds is 2. The molecule has 76 valence electrons. The zero-order valence-corrected chi connectivity index (χ0v) is 8.91. The van der Waals surface area contributed by atoms with Crippen molar-refractivity contribution in [1.82, 2.24) is 9.36 Å². The Bertz CT molecular complexity index is 467. The van der Waals surface area contributed by atoms with Crippen molar-refractivity contribution in [2.24, 2.45) is 0 Å². The topological polar surface area (TPSA) is 54.9 Å². The molecule has 0 bridgehead atoms. The zero-order chi connectivity index (χ0) is 10.7. The molecule has 0 fully saturated rings. The van der Waals surface area contributed by atoms with Gasteiger partial charge in [0, 0.05) is 17.1 Å². The Kier molecular flexibility index (Phi) is 2.73. The van der Waals surface area contributed by atoms with Crippen molar-refractivity contribution < 1.29 is 4.79 Å². The van der Waals surface area contributed by atoms with Crippen LogP contribution >= 0.6 is 11.5 Å². The molecule has 0 saturated heterocycles. The standard InChI is InChI=1S/C10H9N3OS/c1-7-4-2-3-5-8(7)9(14)13-10-11-6-12-15-10/h2-6H,1H3,(H,11,12,13,14). The molecular formula is C10H9N3OS. The highest BCUT2D eigenvalue weighted by atomic mass is 32.1. The Morgan fingerprint density at radius 3 is 2.87 bits per heavy atom. The number of aryl methyl sites for hydroxylation is 1. The van der Waals surface area contributed by atoms with Gasteiger partial charge in [-0.25, -0.2) is 4.98 Å². The van der Waals surface area contributed by atoms with E-state index in [2.05, 4.69) is 14.7 Å². The first-order valence-corrected chi connectivity index (χ1v) is 5.18. The first kappa shape index (κ1) is 9.79. The molecule has 0 spiro atoms. The van der Waals surface area contributed by atoms with Gasteiger partial charge in [-0.1, -0.05) is 18.2 Å². The van der Waals surface area contributed by atoms with Gasteiger partial charge in [0.1, 0.15) is 6.33 Å². The largest absolute Gasteiger partial charge is 0.297 e. The van der Waals surface area contributed by atoms with Crippen LogP contribution in [0, 0.1) is 6.92 Å². The number of amides is 1. The van der Waals surface area contributed by atoms with Crippen LogP contribution < -0.4 is 5.32 Å². The number of hydrogen-bond donors (Lipinski definition) is 1. The maximum atomic E-state index is 11.8. The molecule has 0 aliphatic carbocycles. The first-order chi connectivity index (χ1) is 7.27. The van der Waals surface area contributed by atoms with E-state index in [9.17, 15) is 4.79 Å². The SMILES string of the molecule is Cc1ccccc1C(=O)Nc1ncns1. The van der Waals surface area contributed by atoms with E-state index < -0.39 is 0 Å². The molecule has 1 aromatic heterocycles. The summed E-state index contributed by atoms with van der Waals surface area (Å²) in [5.74, 6) is -0.148. The number of nitrogens with zero attached hydrogens (tertiary/aromatic N) is 2. The van der Waals surface area contributed by atoms with Gasteiger partial charge in [0.05, 0.1) is 0 Å². The lowest BCUT2D eigenvalue weighted by Gasteiger charge is -2.03. The summed E-state index contributed by atoms with van der Waals surface area (Å²) in [4.78, 5) is 15.6. The molecule has 5 heteroatoms. The third kappa shape index (κ3) is 2.19. The van der Waals surface area contributed by atoms with Crippen LogP contribution in [0.25, 0.3) is 0 Å². The second-order valence-electron chi connectivity index (χ2n) is 3.02.